The largest absolute Gasteiger partial charge is 0.378 e. The van der Waals surface area contributed by atoms with Crippen LogP contribution in [0, 0.1) is 6.92 Å². The molecule has 0 saturated carbocycles. The second kappa shape index (κ2) is 6.16. The smallest absolute Gasteiger partial charge is 0.244 e. The molecule has 1 unspecified atom stereocenters. The topological polar surface area (TPSA) is 67.4 Å². The van der Waals surface area contributed by atoms with Crippen LogP contribution in [0.2, 0.25) is 5.28 Å². The molecule has 1 aliphatic rings. The molecule has 1 amide bonds. The van der Waals surface area contributed by atoms with E-state index in [-0.39, 0.29) is 17.2 Å². The van der Waals surface area contributed by atoms with Gasteiger partial charge in [-0.1, -0.05) is 0 Å². The molecule has 1 aromatic rings. The maximum absolute atomic E-state index is 12.2. The molecule has 6 nitrogen and oxygen atoms in total. The molecule has 0 bridgehead atoms. The van der Waals surface area contributed by atoms with Crippen molar-refractivity contribution in [2.24, 2.45) is 0 Å². The monoisotopic (exact) mass is 284 g/mol. The first-order valence-electron chi connectivity index (χ1n) is 6.20. The lowest BCUT2D eigenvalue weighted by atomic mass is 10.2. The van der Waals surface area contributed by atoms with Gasteiger partial charge in [-0.25, -0.2) is 9.97 Å². The lowest BCUT2D eigenvalue weighted by Crippen LogP contribution is -2.47. The minimum Gasteiger partial charge on any atom is -0.378 e. The van der Waals surface area contributed by atoms with E-state index in [4.69, 9.17) is 16.3 Å². The molecule has 1 fully saturated rings. The molecular formula is C12H17ClN4O2. The molecule has 1 N–H and O–H groups in total. The molecule has 1 aliphatic heterocycles. The first-order chi connectivity index (χ1) is 9.06. The first kappa shape index (κ1) is 14.0. The van der Waals surface area contributed by atoms with E-state index in [2.05, 4.69) is 15.3 Å². The number of anilines is 1. The van der Waals surface area contributed by atoms with Gasteiger partial charge in [-0.05, 0) is 25.4 Å². The van der Waals surface area contributed by atoms with E-state index >= 15 is 0 Å². The van der Waals surface area contributed by atoms with Gasteiger partial charge in [0.2, 0.25) is 11.2 Å². The van der Waals surface area contributed by atoms with Gasteiger partial charge < -0.3 is 15.0 Å². The number of morpholine rings is 1. The number of amides is 1. The van der Waals surface area contributed by atoms with Crippen molar-refractivity contribution in [3.05, 3.63) is 17.0 Å². The standard InChI is InChI=1S/C12H17ClN4O2/c1-8-7-10(16-12(13)14-8)15-9(2)11(18)17-3-5-19-6-4-17/h7,9H,3-6H2,1-2H3,(H,14,15,16). The Labute approximate surface area is 117 Å². The van der Waals surface area contributed by atoms with Crippen LogP contribution in [0.3, 0.4) is 0 Å². The van der Waals surface area contributed by atoms with Crippen molar-refractivity contribution in [3.8, 4) is 0 Å². The van der Waals surface area contributed by atoms with E-state index in [1.54, 1.807) is 11.0 Å². The Kier molecular flexibility index (Phi) is 4.55. The summed E-state index contributed by atoms with van der Waals surface area (Å²) in [6, 6.07) is 1.40. The summed E-state index contributed by atoms with van der Waals surface area (Å²) in [5.74, 6) is 0.599. The normalized spacial score (nSPS) is 17.1. The van der Waals surface area contributed by atoms with Gasteiger partial charge in [-0.2, -0.15) is 0 Å². The Morgan fingerprint density at radius 2 is 2.16 bits per heavy atom. The molecule has 0 aliphatic carbocycles. The summed E-state index contributed by atoms with van der Waals surface area (Å²) in [7, 11) is 0. The predicted molar refractivity (Wildman–Crippen MR) is 72.3 cm³/mol. The molecule has 2 rings (SSSR count). The number of carbonyl (C=O) groups excluding carboxylic acids is 1. The zero-order valence-corrected chi connectivity index (χ0v) is 11.8. The van der Waals surface area contributed by atoms with Crippen molar-refractivity contribution in [2.75, 3.05) is 31.6 Å². The lowest BCUT2D eigenvalue weighted by Gasteiger charge is -2.29. The van der Waals surface area contributed by atoms with Crippen molar-refractivity contribution in [1.29, 1.82) is 0 Å². The second-order valence-electron chi connectivity index (χ2n) is 4.47. The van der Waals surface area contributed by atoms with Crippen molar-refractivity contribution >= 4 is 23.3 Å². The number of nitrogens with zero attached hydrogens (tertiary/aromatic N) is 3. The SMILES string of the molecule is Cc1cc(NC(C)C(=O)N2CCOCC2)nc(Cl)n1. The van der Waals surface area contributed by atoms with Gasteiger partial charge in [-0.15, -0.1) is 0 Å². The summed E-state index contributed by atoms with van der Waals surface area (Å²) in [5.41, 5.74) is 0.758. The fourth-order valence-corrected chi connectivity index (χ4v) is 2.17. The van der Waals surface area contributed by atoms with E-state index in [0.29, 0.717) is 32.1 Å². The highest BCUT2D eigenvalue weighted by molar-refractivity contribution is 6.28. The zero-order valence-electron chi connectivity index (χ0n) is 11.0. The third-order valence-electron chi connectivity index (χ3n) is 2.88. The summed E-state index contributed by atoms with van der Waals surface area (Å²) in [6.07, 6.45) is 0. The van der Waals surface area contributed by atoms with Gasteiger partial charge >= 0.3 is 0 Å². The number of aromatic nitrogens is 2. The Morgan fingerprint density at radius 1 is 1.47 bits per heavy atom. The Bertz CT molecular complexity index is 443. The quantitative estimate of drug-likeness (QED) is 0.842. The van der Waals surface area contributed by atoms with Crippen LogP contribution < -0.4 is 5.32 Å². The Balaban J connectivity index is 1.99. The summed E-state index contributed by atoms with van der Waals surface area (Å²) >= 11 is 5.79. The molecule has 0 spiro atoms. The third kappa shape index (κ3) is 3.78. The summed E-state index contributed by atoms with van der Waals surface area (Å²) < 4.78 is 5.23. The minimum absolute atomic E-state index is 0.0377. The van der Waals surface area contributed by atoms with E-state index in [9.17, 15) is 4.79 Å². The molecule has 1 aromatic heterocycles. The second-order valence-corrected chi connectivity index (χ2v) is 4.81. The minimum atomic E-state index is -0.358. The fourth-order valence-electron chi connectivity index (χ4n) is 1.95. The first-order valence-corrected chi connectivity index (χ1v) is 6.58. The average Bonchev–Trinajstić information content (AvgIpc) is 2.37. The van der Waals surface area contributed by atoms with Crippen LogP contribution in [-0.2, 0) is 9.53 Å². The molecule has 2 heterocycles. The van der Waals surface area contributed by atoms with E-state index in [0.717, 1.165) is 5.69 Å². The molecule has 0 aromatic carbocycles. The van der Waals surface area contributed by atoms with Gasteiger partial charge in [0, 0.05) is 24.8 Å². The predicted octanol–water partition coefficient (Wildman–Crippen LogP) is 1.10. The number of ether oxygens (including phenoxy) is 1. The number of hydrogen-bond donors (Lipinski definition) is 1. The van der Waals surface area contributed by atoms with Crippen molar-refractivity contribution in [3.63, 3.8) is 0 Å². The summed E-state index contributed by atoms with van der Waals surface area (Å²) in [5, 5.41) is 3.23. The highest BCUT2D eigenvalue weighted by atomic mass is 35.5. The van der Waals surface area contributed by atoms with Crippen LogP contribution in [0.15, 0.2) is 6.07 Å². The fraction of sp³-hybridized carbons (Fsp3) is 0.583. The molecule has 104 valence electrons. The van der Waals surface area contributed by atoms with Crippen molar-refractivity contribution in [1.82, 2.24) is 14.9 Å². The zero-order chi connectivity index (χ0) is 13.8. The van der Waals surface area contributed by atoms with E-state index in [1.165, 1.54) is 0 Å². The third-order valence-corrected chi connectivity index (χ3v) is 3.05. The van der Waals surface area contributed by atoms with Crippen LogP contribution in [0.25, 0.3) is 0 Å². The number of halogens is 1. The molecule has 0 radical (unpaired) electrons. The Morgan fingerprint density at radius 3 is 2.79 bits per heavy atom. The molecule has 19 heavy (non-hydrogen) atoms. The molecule has 7 heteroatoms. The van der Waals surface area contributed by atoms with Gasteiger partial charge in [0.25, 0.3) is 0 Å². The summed E-state index contributed by atoms with van der Waals surface area (Å²) in [4.78, 5) is 22.0. The maximum atomic E-state index is 12.2. The van der Waals surface area contributed by atoms with Crippen LogP contribution >= 0.6 is 11.6 Å². The van der Waals surface area contributed by atoms with Crippen molar-refractivity contribution < 1.29 is 9.53 Å². The maximum Gasteiger partial charge on any atom is 0.244 e. The van der Waals surface area contributed by atoms with Gasteiger partial charge in [-0.3, -0.25) is 4.79 Å². The number of aryl methyl sites for hydroxylation is 1. The van der Waals surface area contributed by atoms with E-state index < -0.39 is 0 Å². The van der Waals surface area contributed by atoms with Gasteiger partial charge in [0.1, 0.15) is 11.9 Å². The van der Waals surface area contributed by atoms with Crippen LogP contribution in [0.5, 0.6) is 0 Å². The highest BCUT2D eigenvalue weighted by Crippen LogP contribution is 2.12. The van der Waals surface area contributed by atoms with Crippen LogP contribution in [0.1, 0.15) is 12.6 Å². The number of carbonyl (C=O) groups is 1. The lowest BCUT2D eigenvalue weighted by molar-refractivity contribution is -0.135. The average molecular weight is 285 g/mol. The highest BCUT2D eigenvalue weighted by Gasteiger charge is 2.22. The number of hydrogen-bond acceptors (Lipinski definition) is 5. The Hall–Kier alpha value is -1.40. The van der Waals surface area contributed by atoms with Gasteiger partial charge in [0.05, 0.1) is 13.2 Å². The number of nitrogens with one attached hydrogen (secondary N) is 1. The van der Waals surface area contributed by atoms with Gasteiger partial charge in [0.15, 0.2) is 0 Å². The van der Waals surface area contributed by atoms with Crippen molar-refractivity contribution in [2.45, 2.75) is 19.9 Å². The molecular weight excluding hydrogens is 268 g/mol. The summed E-state index contributed by atoms with van der Waals surface area (Å²) in [6.45, 7) is 6.09. The van der Waals surface area contributed by atoms with Crippen LogP contribution in [-0.4, -0.2) is 53.1 Å². The molecule has 1 saturated heterocycles. The molecule has 1 atom stereocenters. The number of rotatable bonds is 3. The van der Waals surface area contributed by atoms with E-state index in [1.807, 2.05) is 13.8 Å². The van der Waals surface area contributed by atoms with Crippen LogP contribution in [0.4, 0.5) is 5.82 Å².